The molecule has 0 fully saturated rings. The Morgan fingerprint density at radius 3 is 2.22 bits per heavy atom. The number of hydrogen-bond acceptors (Lipinski definition) is 7. The molecule has 0 aliphatic heterocycles. The van der Waals surface area contributed by atoms with E-state index in [4.69, 9.17) is 25.8 Å². The fourth-order valence-corrected chi connectivity index (χ4v) is 4.20. The van der Waals surface area contributed by atoms with Crippen molar-refractivity contribution in [3.63, 3.8) is 0 Å². The average molecular weight is 625 g/mol. The highest BCUT2D eigenvalue weighted by molar-refractivity contribution is 7.90. The first kappa shape index (κ1) is 31.7. The highest BCUT2D eigenvalue weighted by Crippen LogP contribution is 2.37. The first-order valence-electron chi connectivity index (χ1n) is 11.2. The van der Waals surface area contributed by atoms with E-state index < -0.39 is 55.2 Å². The van der Waals surface area contributed by atoms with E-state index in [1.165, 1.54) is 25.3 Å². The lowest BCUT2D eigenvalue weighted by Crippen LogP contribution is -2.29. The van der Waals surface area contributed by atoms with E-state index in [2.05, 4.69) is 4.98 Å². The maximum atomic E-state index is 13.0. The number of hydrogen-bond donors (Lipinski definition) is 1. The quantitative estimate of drug-likeness (QED) is 0.165. The Bertz CT molecular complexity index is 1530. The summed E-state index contributed by atoms with van der Waals surface area (Å²) in [7, 11) is -3.08. The predicted octanol–water partition coefficient (Wildman–Crippen LogP) is 6.11. The maximum absolute atomic E-state index is 13.0. The number of sulfonamides is 1. The van der Waals surface area contributed by atoms with Gasteiger partial charge in [0.2, 0.25) is 5.88 Å². The van der Waals surface area contributed by atoms with Crippen LogP contribution in [0.5, 0.6) is 17.4 Å². The molecular formula is C25H19ClF6N2O6S. The number of nitrogens with one attached hydrogen (secondary N) is 1. The highest BCUT2D eigenvalue weighted by Gasteiger charge is 2.32. The van der Waals surface area contributed by atoms with Gasteiger partial charge in [-0.15, -0.1) is 0 Å². The first-order valence-corrected chi connectivity index (χ1v) is 13.0. The van der Waals surface area contributed by atoms with Crippen molar-refractivity contribution in [1.29, 1.82) is 0 Å². The highest BCUT2D eigenvalue weighted by atomic mass is 35.5. The molecule has 220 valence electrons. The van der Waals surface area contributed by atoms with Crippen LogP contribution in [0.2, 0.25) is 5.02 Å². The monoisotopic (exact) mass is 624 g/mol. The molecule has 0 saturated carbocycles. The molecule has 0 aliphatic carbocycles. The summed E-state index contributed by atoms with van der Waals surface area (Å²) in [5.74, 6) is -1.41. The lowest BCUT2D eigenvalue weighted by Gasteiger charge is -2.13. The second-order valence-electron chi connectivity index (χ2n) is 7.98. The van der Waals surface area contributed by atoms with Crippen LogP contribution in [-0.2, 0) is 31.9 Å². The van der Waals surface area contributed by atoms with Gasteiger partial charge in [-0.25, -0.2) is 18.1 Å². The number of amides is 1. The van der Waals surface area contributed by atoms with Crippen LogP contribution in [0.3, 0.4) is 0 Å². The summed E-state index contributed by atoms with van der Waals surface area (Å²) in [4.78, 5) is 15.4. The van der Waals surface area contributed by atoms with Gasteiger partial charge >= 0.3 is 12.4 Å². The number of ether oxygens (including phenoxy) is 3. The molecule has 2 aromatic carbocycles. The number of aromatic nitrogens is 1. The number of pyridine rings is 1. The van der Waals surface area contributed by atoms with Gasteiger partial charge in [-0.3, -0.25) is 4.79 Å². The Morgan fingerprint density at radius 2 is 1.63 bits per heavy atom. The molecule has 8 nitrogen and oxygen atoms in total. The van der Waals surface area contributed by atoms with Crippen LogP contribution in [0.25, 0.3) is 6.08 Å². The molecular weight excluding hydrogens is 606 g/mol. The van der Waals surface area contributed by atoms with E-state index >= 15 is 0 Å². The largest absolute Gasteiger partial charge is 0.491 e. The Labute approximate surface area is 234 Å². The third-order valence-corrected chi connectivity index (χ3v) is 6.66. The zero-order valence-electron chi connectivity index (χ0n) is 20.7. The maximum Gasteiger partial charge on any atom is 0.417 e. The minimum atomic E-state index is -4.70. The van der Waals surface area contributed by atoms with Gasteiger partial charge in [-0.05, 0) is 48.5 Å². The predicted molar refractivity (Wildman–Crippen MR) is 134 cm³/mol. The van der Waals surface area contributed by atoms with E-state index in [0.717, 1.165) is 12.2 Å². The molecule has 0 unspecified atom stereocenters. The summed E-state index contributed by atoms with van der Waals surface area (Å²) in [5.41, 5.74) is -2.06. The van der Waals surface area contributed by atoms with Gasteiger partial charge in [0.05, 0.1) is 22.6 Å². The normalized spacial score (nSPS) is 12.4. The molecule has 3 aromatic rings. The molecule has 16 heteroatoms. The minimum Gasteiger partial charge on any atom is -0.491 e. The SMILES string of the molecule is COCCOc1ccc(/C=C/C(=O)NS(=O)(=O)c2ccc(C(F)(F)F)cc2)c(Oc2ncc(C(F)(F)F)cc2Cl)c1. The Balaban J connectivity index is 1.84. The van der Waals surface area contributed by atoms with Crippen molar-refractivity contribution in [2.45, 2.75) is 17.2 Å². The summed E-state index contributed by atoms with van der Waals surface area (Å²) in [6.45, 7) is 0.367. The molecule has 0 atom stereocenters. The molecule has 0 spiro atoms. The second kappa shape index (κ2) is 12.8. The van der Waals surface area contributed by atoms with Crippen molar-refractivity contribution < 1.29 is 53.8 Å². The van der Waals surface area contributed by atoms with Crippen LogP contribution in [0, 0.1) is 0 Å². The van der Waals surface area contributed by atoms with Gasteiger partial charge in [0.25, 0.3) is 15.9 Å². The summed E-state index contributed by atoms with van der Waals surface area (Å²) in [6.07, 6.45) is -6.97. The van der Waals surface area contributed by atoms with Crippen molar-refractivity contribution in [2.24, 2.45) is 0 Å². The number of carbonyl (C=O) groups is 1. The minimum absolute atomic E-state index is 0.0799. The van der Waals surface area contributed by atoms with Crippen LogP contribution < -0.4 is 14.2 Å². The van der Waals surface area contributed by atoms with Gasteiger partial charge in [0.1, 0.15) is 23.1 Å². The van der Waals surface area contributed by atoms with Gasteiger partial charge in [0.15, 0.2) is 0 Å². The topological polar surface area (TPSA) is 104 Å². The molecule has 3 rings (SSSR count). The Kier molecular flexibility index (Phi) is 9.89. The van der Waals surface area contributed by atoms with Gasteiger partial charge in [-0.1, -0.05) is 11.6 Å². The fraction of sp³-hybridized carbons (Fsp3) is 0.200. The van der Waals surface area contributed by atoms with Crippen molar-refractivity contribution in [3.8, 4) is 17.4 Å². The van der Waals surface area contributed by atoms with E-state index in [-0.39, 0.29) is 30.3 Å². The third kappa shape index (κ3) is 8.83. The van der Waals surface area contributed by atoms with Crippen molar-refractivity contribution in [1.82, 2.24) is 9.71 Å². The van der Waals surface area contributed by atoms with Crippen LogP contribution in [0.1, 0.15) is 16.7 Å². The number of rotatable bonds is 10. The standard InChI is InChI=1S/C25H19ClF6N2O6S/c1-38-10-11-39-18-6-2-15(21(13-18)40-23-20(26)12-17(14-33-23)25(30,31)32)3-9-22(35)34-41(36,37)19-7-4-16(5-8-19)24(27,28)29/h2-9,12-14H,10-11H2,1H3,(H,34,35)/b9-3+. The summed E-state index contributed by atoms with van der Waals surface area (Å²) in [5, 5.41) is -0.471. The van der Waals surface area contributed by atoms with Crippen molar-refractivity contribution in [2.75, 3.05) is 20.3 Å². The van der Waals surface area contributed by atoms with Crippen molar-refractivity contribution >= 4 is 33.6 Å². The molecule has 0 bridgehead atoms. The smallest absolute Gasteiger partial charge is 0.417 e. The number of carbonyl (C=O) groups excluding carboxylic acids is 1. The van der Waals surface area contributed by atoms with Gasteiger partial charge < -0.3 is 14.2 Å². The number of methoxy groups -OCH3 is 1. The number of benzene rings is 2. The van der Waals surface area contributed by atoms with Crippen LogP contribution in [0.4, 0.5) is 26.3 Å². The Hall–Kier alpha value is -3.82. The van der Waals surface area contributed by atoms with E-state index in [1.807, 2.05) is 0 Å². The molecule has 1 amide bonds. The van der Waals surface area contributed by atoms with Gasteiger partial charge in [-0.2, -0.15) is 26.3 Å². The molecule has 1 heterocycles. The Morgan fingerprint density at radius 1 is 0.976 bits per heavy atom. The number of halogens is 7. The van der Waals surface area contributed by atoms with Gasteiger partial charge in [0, 0.05) is 31.0 Å². The zero-order valence-corrected chi connectivity index (χ0v) is 22.3. The van der Waals surface area contributed by atoms with Crippen LogP contribution in [-0.4, -0.2) is 39.6 Å². The molecule has 0 saturated heterocycles. The summed E-state index contributed by atoms with van der Waals surface area (Å²) >= 11 is 5.93. The lowest BCUT2D eigenvalue weighted by molar-refractivity contribution is -0.138. The molecule has 0 aliphatic rings. The van der Waals surface area contributed by atoms with Crippen molar-refractivity contribution in [3.05, 3.63) is 82.5 Å². The summed E-state index contributed by atoms with van der Waals surface area (Å²) < 4.78 is 120. The van der Waals surface area contributed by atoms with E-state index in [1.54, 1.807) is 4.72 Å². The average Bonchev–Trinajstić information content (AvgIpc) is 2.88. The molecule has 0 radical (unpaired) electrons. The number of alkyl halides is 6. The molecule has 41 heavy (non-hydrogen) atoms. The zero-order chi connectivity index (χ0) is 30.4. The summed E-state index contributed by atoms with van der Waals surface area (Å²) in [6, 6.07) is 7.27. The lowest BCUT2D eigenvalue weighted by atomic mass is 10.1. The third-order valence-electron chi connectivity index (χ3n) is 5.02. The second-order valence-corrected chi connectivity index (χ2v) is 10.1. The van der Waals surface area contributed by atoms with E-state index in [9.17, 15) is 39.6 Å². The van der Waals surface area contributed by atoms with Crippen LogP contribution >= 0.6 is 11.6 Å². The van der Waals surface area contributed by atoms with Crippen LogP contribution in [0.15, 0.2) is 65.7 Å². The fourth-order valence-electron chi connectivity index (χ4n) is 3.05. The molecule has 1 aromatic heterocycles. The molecule has 1 N–H and O–H groups in total. The number of nitrogens with zero attached hydrogens (tertiary/aromatic N) is 1. The van der Waals surface area contributed by atoms with E-state index in [0.29, 0.717) is 36.5 Å². The first-order chi connectivity index (χ1) is 19.1.